The summed E-state index contributed by atoms with van der Waals surface area (Å²) >= 11 is 0. The first-order valence-electron chi connectivity index (χ1n) is 10.8. The van der Waals surface area contributed by atoms with Crippen LogP contribution < -0.4 is 10.1 Å². The number of fused-ring (bicyclic) bond motifs is 1. The van der Waals surface area contributed by atoms with Gasteiger partial charge in [0.1, 0.15) is 11.4 Å². The Balaban J connectivity index is 1.75. The molecule has 0 aromatic heterocycles. The van der Waals surface area contributed by atoms with Crippen molar-refractivity contribution in [2.24, 2.45) is 0 Å². The quantitative estimate of drug-likeness (QED) is 0.228. The van der Waals surface area contributed by atoms with Gasteiger partial charge in [-0.15, -0.1) is 0 Å². The highest BCUT2D eigenvalue weighted by molar-refractivity contribution is 5.97. The van der Waals surface area contributed by atoms with Crippen LogP contribution in [0.2, 0.25) is 0 Å². The molecular weight excluding hydrogens is 430 g/mol. The highest BCUT2D eigenvalue weighted by Crippen LogP contribution is 2.38. The van der Waals surface area contributed by atoms with Gasteiger partial charge in [0.25, 0.3) is 5.91 Å². The van der Waals surface area contributed by atoms with Crippen molar-refractivity contribution in [1.29, 1.82) is 0 Å². The number of anilines is 1. The molecule has 1 aliphatic rings. The van der Waals surface area contributed by atoms with Gasteiger partial charge in [0.2, 0.25) is 5.75 Å². The van der Waals surface area contributed by atoms with Gasteiger partial charge in [0.15, 0.2) is 0 Å². The van der Waals surface area contributed by atoms with E-state index in [-0.39, 0.29) is 42.9 Å². The molecule has 2 N–H and O–H groups in total. The molecule has 0 saturated heterocycles. The van der Waals surface area contributed by atoms with E-state index >= 15 is 0 Å². The van der Waals surface area contributed by atoms with Gasteiger partial charge in [-0.05, 0) is 55.7 Å². The van der Waals surface area contributed by atoms with Crippen molar-refractivity contribution in [3.8, 4) is 11.5 Å². The summed E-state index contributed by atoms with van der Waals surface area (Å²) in [6.45, 7) is 3.15. The van der Waals surface area contributed by atoms with Crippen LogP contribution in [0, 0.1) is 10.1 Å². The molecule has 33 heavy (non-hydrogen) atoms. The van der Waals surface area contributed by atoms with E-state index in [4.69, 9.17) is 14.6 Å². The Bertz CT molecular complexity index is 1030. The summed E-state index contributed by atoms with van der Waals surface area (Å²) in [5.41, 5.74) is 1.40. The van der Waals surface area contributed by atoms with Gasteiger partial charge < -0.3 is 24.8 Å². The fourth-order valence-corrected chi connectivity index (χ4v) is 3.61. The van der Waals surface area contributed by atoms with Gasteiger partial charge in [-0.25, -0.2) is 0 Å². The molecule has 3 rings (SSSR count). The molecule has 0 unspecified atom stereocenters. The van der Waals surface area contributed by atoms with Crippen molar-refractivity contribution in [2.75, 3.05) is 38.2 Å². The lowest BCUT2D eigenvalue weighted by atomic mass is 9.98. The Morgan fingerprint density at radius 2 is 2.12 bits per heavy atom. The maximum Gasteiger partial charge on any atom is 0.334 e. The monoisotopic (exact) mass is 457 g/mol. The van der Waals surface area contributed by atoms with Crippen LogP contribution in [-0.4, -0.2) is 59.7 Å². The van der Waals surface area contributed by atoms with Crippen molar-refractivity contribution < 1.29 is 29.1 Å². The van der Waals surface area contributed by atoms with E-state index in [2.05, 4.69) is 5.32 Å². The normalized spacial score (nSPS) is 12.8. The SMILES string of the molecule is CCOC(=O)CCN1CCc2cc(Oc3cccc(NCCCO)c3[N+](=O)[O-])ccc2C1=O. The molecule has 1 heterocycles. The zero-order chi connectivity index (χ0) is 23.8. The zero-order valence-corrected chi connectivity index (χ0v) is 18.4. The highest BCUT2D eigenvalue weighted by Gasteiger charge is 2.26. The summed E-state index contributed by atoms with van der Waals surface area (Å²) in [6, 6.07) is 9.69. The van der Waals surface area contributed by atoms with Crippen molar-refractivity contribution in [1.82, 2.24) is 4.90 Å². The first-order valence-corrected chi connectivity index (χ1v) is 10.8. The number of nitro groups is 1. The molecule has 0 atom stereocenters. The summed E-state index contributed by atoms with van der Waals surface area (Å²) in [5, 5.41) is 23.6. The topological polar surface area (TPSA) is 131 Å². The molecule has 2 aromatic rings. The fraction of sp³-hybridized carbons (Fsp3) is 0.391. The third kappa shape index (κ3) is 5.98. The third-order valence-corrected chi connectivity index (χ3v) is 5.20. The van der Waals surface area contributed by atoms with E-state index in [9.17, 15) is 19.7 Å². The first kappa shape index (κ1) is 24.0. The number of aliphatic hydroxyl groups is 1. The van der Waals surface area contributed by atoms with Gasteiger partial charge in [-0.2, -0.15) is 0 Å². The number of hydrogen-bond acceptors (Lipinski definition) is 8. The molecule has 1 amide bonds. The third-order valence-electron chi connectivity index (χ3n) is 5.20. The minimum atomic E-state index is -0.514. The van der Waals surface area contributed by atoms with Crippen LogP contribution in [-0.2, 0) is 16.0 Å². The fourth-order valence-electron chi connectivity index (χ4n) is 3.61. The molecule has 10 nitrogen and oxygen atoms in total. The van der Waals surface area contributed by atoms with E-state index in [1.165, 1.54) is 6.07 Å². The molecule has 10 heteroatoms. The van der Waals surface area contributed by atoms with Gasteiger partial charge in [-0.1, -0.05) is 6.07 Å². The van der Waals surface area contributed by atoms with Crippen LogP contribution in [0.3, 0.4) is 0 Å². The molecule has 0 bridgehead atoms. The van der Waals surface area contributed by atoms with Crippen LogP contribution >= 0.6 is 0 Å². The molecule has 176 valence electrons. The van der Waals surface area contributed by atoms with Crippen molar-refractivity contribution in [3.63, 3.8) is 0 Å². The number of nitrogens with zero attached hydrogens (tertiary/aromatic N) is 2. The van der Waals surface area contributed by atoms with Gasteiger partial charge in [0.05, 0.1) is 18.0 Å². The largest absolute Gasteiger partial charge is 0.466 e. The molecular formula is C23H27N3O7. The second kappa shape index (κ2) is 11.3. The summed E-state index contributed by atoms with van der Waals surface area (Å²) in [5.74, 6) is -0.0491. The number of carbonyl (C=O) groups is 2. The molecule has 0 fully saturated rings. The van der Waals surface area contributed by atoms with E-state index in [1.807, 2.05) is 0 Å². The minimum absolute atomic E-state index is 0.0227. The van der Waals surface area contributed by atoms with Crippen molar-refractivity contribution >= 4 is 23.3 Å². The highest BCUT2D eigenvalue weighted by atomic mass is 16.6. The number of nitro benzene ring substituents is 1. The maximum absolute atomic E-state index is 12.8. The number of para-hydroxylation sites is 1. The Kier molecular flexibility index (Phi) is 8.20. The summed E-state index contributed by atoms with van der Waals surface area (Å²) in [7, 11) is 0. The lowest BCUT2D eigenvalue weighted by Gasteiger charge is -2.28. The Hall–Kier alpha value is -3.66. The zero-order valence-electron chi connectivity index (χ0n) is 18.4. The number of aliphatic hydroxyl groups excluding tert-OH is 1. The van der Waals surface area contributed by atoms with E-state index < -0.39 is 4.92 Å². The Labute approximate surface area is 191 Å². The van der Waals surface area contributed by atoms with Crippen molar-refractivity contribution in [3.05, 3.63) is 57.6 Å². The standard InChI is InChI=1S/C23H27N3O7/c1-2-32-21(28)10-13-25-12-9-16-15-17(7-8-18(16)23(25)29)33-20-6-3-5-19(22(20)26(30)31)24-11-4-14-27/h3,5-8,15,24,27H,2,4,9-14H2,1H3. The van der Waals surface area contributed by atoms with Gasteiger partial charge >= 0.3 is 11.7 Å². The molecule has 0 spiro atoms. The van der Waals surface area contributed by atoms with E-state index in [1.54, 1.807) is 42.2 Å². The summed E-state index contributed by atoms with van der Waals surface area (Å²) in [6.07, 6.45) is 1.17. The molecule has 2 aromatic carbocycles. The average Bonchev–Trinajstić information content (AvgIpc) is 2.79. The van der Waals surface area contributed by atoms with Crippen LogP contribution in [0.15, 0.2) is 36.4 Å². The molecule has 0 aliphatic carbocycles. The number of esters is 1. The van der Waals surface area contributed by atoms with Crippen LogP contribution in [0.25, 0.3) is 0 Å². The summed E-state index contributed by atoms with van der Waals surface area (Å²) < 4.78 is 10.7. The van der Waals surface area contributed by atoms with Crippen LogP contribution in [0.5, 0.6) is 11.5 Å². The number of ether oxygens (including phenoxy) is 2. The number of benzene rings is 2. The number of hydrogen-bond donors (Lipinski definition) is 2. The van der Waals surface area contributed by atoms with Crippen molar-refractivity contribution in [2.45, 2.75) is 26.2 Å². The lowest BCUT2D eigenvalue weighted by molar-refractivity contribution is -0.384. The Morgan fingerprint density at radius 3 is 2.85 bits per heavy atom. The molecule has 0 radical (unpaired) electrons. The summed E-state index contributed by atoms with van der Waals surface area (Å²) in [4.78, 5) is 37.2. The maximum atomic E-state index is 12.8. The number of carbonyl (C=O) groups excluding carboxylic acids is 2. The van der Waals surface area contributed by atoms with E-state index in [0.29, 0.717) is 49.5 Å². The smallest absolute Gasteiger partial charge is 0.334 e. The molecule has 0 saturated carbocycles. The van der Waals surface area contributed by atoms with E-state index in [0.717, 1.165) is 5.56 Å². The number of amides is 1. The van der Waals surface area contributed by atoms with Gasteiger partial charge in [0, 0.05) is 31.8 Å². The predicted octanol–water partition coefficient (Wildman–Crippen LogP) is 3.13. The number of rotatable bonds is 11. The average molecular weight is 457 g/mol. The lowest BCUT2D eigenvalue weighted by Crippen LogP contribution is -2.39. The first-order chi connectivity index (χ1) is 15.9. The van der Waals surface area contributed by atoms with Crippen LogP contribution in [0.1, 0.15) is 35.7 Å². The minimum Gasteiger partial charge on any atom is -0.466 e. The molecule has 1 aliphatic heterocycles. The second-order valence-corrected chi connectivity index (χ2v) is 7.43. The number of nitrogens with one attached hydrogen (secondary N) is 1. The van der Waals surface area contributed by atoms with Gasteiger partial charge in [-0.3, -0.25) is 19.7 Å². The Morgan fingerprint density at radius 1 is 1.30 bits per heavy atom. The predicted molar refractivity (Wildman–Crippen MR) is 121 cm³/mol. The van der Waals surface area contributed by atoms with Crippen LogP contribution in [0.4, 0.5) is 11.4 Å². The second-order valence-electron chi connectivity index (χ2n) is 7.43.